The standard InChI is InChI=1S/C18H21N3O3S/c1-18(2,23)8-7-14-5-6-15(24-14)16(22)19-11-13-12-25-17(20-13)21-9-3-4-10-21/h5-6,12,23H,3-4,9-11H2,1-2H3,(H,19,22). The van der Waals surface area contributed by atoms with Crippen molar-refractivity contribution in [1.29, 1.82) is 0 Å². The Balaban J connectivity index is 1.56. The van der Waals surface area contributed by atoms with Gasteiger partial charge in [-0.1, -0.05) is 5.92 Å². The van der Waals surface area contributed by atoms with Crippen LogP contribution in [-0.4, -0.2) is 34.7 Å². The number of carbonyl (C=O) groups is 1. The first-order chi connectivity index (χ1) is 11.9. The van der Waals surface area contributed by atoms with Crippen LogP contribution in [0.4, 0.5) is 5.13 Å². The van der Waals surface area contributed by atoms with Crippen molar-refractivity contribution in [2.75, 3.05) is 18.0 Å². The molecule has 0 aliphatic carbocycles. The molecule has 3 rings (SSSR count). The van der Waals surface area contributed by atoms with Gasteiger partial charge in [0.15, 0.2) is 16.7 Å². The smallest absolute Gasteiger partial charge is 0.287 e. The normalized spacial score (nSPS) is 14.3. The predicted octanol–water partition coefficient (Wildman–Crippen LogP) is 2.39. The SMILES string of the molecule is CC(C)(O)C#Cc1ccc(C(=O)NCc2csc(N3CCCC3)n2)o1. The molecule has 0 bridgehead atoms. The number of nitrogens with zero attached hydrogens (tertiary/aromatic N) is 2. The molecule has 1 fully saturated rings. The number of carbonyl (C=O) groups excluding carboxylic acids is 1. The Morgan fingerprint density at radius 2 is 2.20 bits per heavy atom. The van der Waals surface area contributed by atoms with Gasteiger partial charge in [0.2, 0.25) is 0 Å². The van der Waals surface area contributed by atoms with Gasteiger partial charge in [-0.3, -0.25) is 4.79 Å². The summed E-state index contributed by atoms with van der Waals surface area (Å²) in [7, 11) is 0. The van der Waals surface area contributed by atoms with Crippen LogP contribution in [0.15, 0.2) is 21.9 Å². The minimum Gasteiger partial charge on any atom is -0.443 e. The topological polar surface area (TPSA) is 78.6 Å². The highest BCUT2D eigenvalue weighted by molar-refractivity contribution is 7.13. The summed E-state index contributed by atoms with van der Waals surface area (Å²) in [6.07, 6.45) is 2.42. The molecular formula is C18H21N3O3S. The lowest BCUT2D eigenvalue weighted by molar-refractivity contribution is 0.0922. The van der Waals surface area contributed by atoms with Crippen molar-refractivity contribution in [3.63, 3.8) is 0 Å². The molecule has 0 unspecified atom stereocenters. The fraction of sp³-hybridized carbons (Fsp3) is 0.444. The molecule has 2 aromatic rings. The number of hydrogen-bond acceptors (Lipinski definition) is 6. The van der Waals surface area contributed by atoms with E-state index in [1.807, 2.05) is 5.38 Å². The monoisotopic (exact) mass is 359 g/mol. The van der Waals surface area contributed by atoms with Gasteiger partial charge in [0.05, 0.1) is 12.2 Å². The van der Waals surface area contributed by atoms with Crippen molar-refractivity contribution in [1.82, 2.24) is 10.3 Å². The lowest BCUT2D eigenvalue weighted by Gasteiger charge is -2.12. The van der Waals surface area contributed by atoms with Crippen molar-refractivity contribution in [3.8, 4) is 11.8 Å². The average molecular weight is 359 g/mol. The van der Waals surface area contributed by atoms with Crippen LogP contribution < -0.4 is 10.2 Å². The first-order valence-electron chi connectivity index (χ1n) is 8.24. The first kappa shape index (κ1) is 17.5. The third-order valence-electron chi connectivity index (χ3n) is 3.67. The minimum absolute atomic E-state index is 0.190. The first-order valence-corrected chi connectivity index (χ1v) is 9.12. The quantitative estimate of drug-likeness (QED) is 0.820. The molecular weight excluding hydrogens is 338 g/mol. The average Bonchev–Trinajstić information content (AvgIpc) is 3.30. The van der Waals surface area contributed by atoms with E-state index < -0.39 is 5.60 Å². The fourth-order valence-electron chi connectivity index (χ4n) is 2.43. The van der Waals surface area contributed by atoms with Gasteiger partial charge in [-0.25, -0.2) is 4.98 Å². The van der Waals surface area contributed by atoms with Crippen molar-refractivity contribution < 1.29 is 14.3 Å². The van der Waals surface area contributed by atoms with Crippen LogP contribution in [0.5, 0.6) is 0 Å². The van der Waals surface area contributed by atoms with E-state index in [9.17, 15) is 9.90 Å². The Morgan fingerprint density at radius 1 is 1.44 bits per heavy atom. The summed E-state index contributed by atoms with van der Waals surface area (Å²) < 4.78 is 5.39. The largest absolute Gasteiger partial charge is 0.443 e. The Kier molecular flexibility index (Phi) is 5.11. The lowest BCUT2D eigenvalue weighted by Crippen LogP contribution is -2.22. The number of nitrogens with one attached hydrogen (secondary N) is 1. The van der Waals surface area contributed by atoms with Crippen LogP contribution in [0.25, 0.3) is 0 Å². The van der Waals surface area contributed by atoms with Crippen LogP contribution in [0.2, 0.25) is 0 Å². The number of rotatable bonds is 4. The van der Waals surface area contributed by atoms with Gasteiger partial charge in [-0.2, -0.15) is 0 Å². The molecule has 25 heavy (non-hydrogen) atoms. The Bertz CT molecular complexity index is 801. The highest BCUT2D eigenvalue weighted by Crippen LogP contribution is 2.24. The van der Waals surface area contributed by atoms with Gasteiger partial charge in [0, 0.05) is 18.5 Å². The summed E-state index contributed by atoms with van der Waals surface area (Å²) in [5.74, 6) is 5.57. The molecule has 6 nitrogen and oxygen atoms in total. The summed E-state index contributed by atoms with van der Waals surface area (Å²) in [6.45, 7) is 5.64. The zero-order chi connectivity index (χ0) is 17.9. The van der Waals surface area contributed by atoms with Gasteiger partial charge >= 0.3 is 0 Å². The molecule has 1 saturated heterocycles. The van der Waals surface area contributed by atoms with Crippen LogP contribution in [-0.2, 0) is 6.54 Å². The van der Waals surface area contributed by atoms with E-state index in [0.717, 1.165) is 23.9 Å². The summed E-state index contributed by atoms with van der Waals surface area (Å²) in [4.78, 5) is 19.0. The molecule has 3 heterocycles. The second kappa shape index (κ2) is 7.30. The number of amides is 1. The van der Waals surface area contributed by atoms with E-state index in [0.29, 0.717) is 12.3 Å². The third-order valence-corrected chi connectivity index (χ3v) is 4.62. The number of furan rings is 1. The maximum Gasteiger partial charge on any atom is 0.287 e. The van der Waals surface area contributed by atoms with Crippen LogP contribution in [0.1, 0.15) is 48.7 Å². The molecule has 2 aromatic heterocycles. The van der Waals surface area contributed by atoms with Crippen molar-refractivity contribution in [3.05, 3.63) is 34.7 Å². The molecule has 0 spiro atoms. The zero-order valence-corrected chi connectivity index (χ0v) is 15.2. The summed E-state index contributed by atoms with van der Waals surface area (Å²) in [5.41, 5.74) is -0.263. The van der Waals surface area contributed by atoms with Crippen LogP contribution >= 0.6 is 11.3 Å². The number of aromatic nitrogens is 1. The molecule has 1 amide bonds. The highest BCUT2D eigenvalue weighted by atomic mass is 32.1. The van der Waals surface area contributed by atoms with Gasteiger partial charge in [0.25, 0.3) is 5.91 Å². The lowest BCUT2D eigenvalue weighted by atomic mass is 10.1. The molecule has 7 heteroatoms. The van der Waals surface area contributed by atoms with E-state index in [4.69, 9.17) is 4.42 Å². The number of anilines is 1. The van der Waals surface area contributed by atoms with Crippen LogP contribution in [0, 0.1) is 11.8 Å². The molecule has 0 atom stereocenters. The van der Waals surface area contributed by atoms with Crippen molar-refractivity contribution >= 4 is 22.4 Å². The maximum absolute atomic E-state index is 12.2. The van der Waals surface area contributed by atoms with Crippen molar-refractivity contribution in [2.45, 2.75) is 38.8 Å². The Labute approximate surface area is 150 Å². The molecule has 0 aromatic carbocycles. The Hall–Kier alpha value is -2.30. The molecule has 0 saturated carbocycles. The highest BCUT2D eigenvalue weighted by Gasteiger charge is 2.16. The fourth-order valence-corrected chi connectivity index (χ4v) is 3.31. The van der Waals surface area contributed by atoms with E-state index in [1.165, 1.54) is 12.8 Å². The van der Waals surface area contributed by atoms with Crippen LogP contribution in [0.3, 0.4) is 0 Å². The van der Waals surface area contributed by atoms with Gasteiger partial charge in [0.1, 0.15) is 5.60 Å². The predicted molar refractivity (Wildman–Crippen MR) is 96.6 cm³/mol. The maximum atomic E-state index is 12.2. The molecule has 1 aliphatic rings. The molecule has 132 valence electrons. The second-order valence-electron chi connectivity index (χ2n) is 6.47. The van der Waals surface area contributed by atoms with Gasteiger partial charge in [-0.15, -0.1) is 11.3 Å². The second-order valence-corrected chi connectivity index (χ2v) is 7.31. The van der Waals surface area contributed by atoms with Crippen molar-refractivity contribution in [2.24, 2.45) is 0 Å². The summed E-state index contributed by atoms with van der Waals surface area (Å²) in [6, 6.07) is 3.18. The summed E-state index contributed by atoms with van der Waals surface area (Å²) in [5, 5.41) is 15.4. The van der Waals surface area contributed by atoms with E-state index in [2.05, 4.69) is 27.0 Å². The van der Waals surface area contributed by atoms with E-state index in [1.54, 1.807) is 37.3 Å². The third kappa shape index (κ3) is 4.84. The minimum atomic E-state index is -1.10. The van der Waals surface area contributed by atoms with Gasteiger partial charge < -0.3 is 19.7 Å². The zero-order valence-electron chi connectivity index (χ0n) is 14.3. The molecule has 0 radical (unpaired) electrons. The molecule has 2 N–H and O–H groups in total. The van der Waals surface area contributed by atoms with E-state index >= 15 is 0 Å². The number of aliphatic hydroxyl groups is 1. The number of hydrogen-bond donors (Lipinski definition) is 2. The van der Waals surface area contributed by atoms with E-state index in [-0.39, 0.29) is 11.7 Å². The molecule has 1 aliphatic heterocycles. The Morgan fingerprint density at radius 3 is 2.92 bits per heavy atom. The summed E-state index contributed by atoms with van der Waals surface area (Å²) >= 11 is 1.61. The number of thiazole rings is 1. The van der Waals surface area contributed by atoms with Gasteiger partial charge in [-0.05, 0) is 44.7 Å².